The summed E-state index contributed by atoms with van der Waals surface area (Å²) < 4.78 is 24.4. The largest absolute Gasteiger partial charge is 0.312 e. The zero-order chi connectivity index (χ0) is 20.1. The lowest BCUT2D eigenvalue weighted by molar-refractivity contribution is -0.126. The highest BCUT2D eigenvalue weighted by atomic mass is 32.2. The Hall–Kier alpha value is -2.71. The molecule has 2 aromatic rings. The first-order valence-electron chi connectivity index (χ1n) is 9.16. The second-order valence-electron chi connectivity index (χ2n) is 6.73. The Morgan fingerprint density at radius 3 is 2.43 bits per heavy atom. The average molecular weight is 401 g/mol. The van der Waals surface area contributed by atoms with Gasteiger partial charge in [-0.25, -0.2) is 8.42 Å². The van der Waals surface area contributed by atoms with Gasteiger partial charge in [-0.1, -0.05) is 43.7 Å². The molecule has 0 aliphatic carbocycles. The maximum Gasteiger partial charge on any atom is 0.257 e. The van der Waals surface area contributed by atoms with E-state index in [4.69, 9.17) is 0 Å². The minimum atomic E-state index is -3.85. The third-order valence-corrected chi connectivity index (χ3v) is 5.91. The summed E-state index contributed by atoms with van der Waals surface area (Å²) in [6, 6.07) is 15.5. The summed E-state index contributed by atoms with van der Waals surface area (Å²) >= 11 is 0. The van der Waals surface area contributed by atoms with Crippen LogP contribution in [0.2, 0.25) is 0 Å². The summed E-state index contributed by atoms with van der Waals surface area (Å²) in [6.07, 6.45) is 2.06. The predicted octanol–water partition coefficient (Wildman–Crippen LogP) is 2.00. The van der Waals surface area contributed by atoms with E-state index in [9.17, 15) is 18.0 Å². The van der Waals surface area contributed by atoms with Crippen molar-refractivity contribution in [2.45, 2.75) is 31.1 Å². The van der Waals surface area contributed by atoms with Crippen molar-refractivity contribution in [2.75, 3.05) is 11.4 Å². The van der Waals surface area contributed by atoms with Crippen LogP contribution in [0, 0.1) is 5.92 Å². The Balaban J connectivity index is 1.60. The molecule has 0 spiro atoms. The predicted molar refractivity (Wildman–Crippen MR) is 106 cm³/mol. The lowest BCUT2D eigenvalue weighted by atomic mass is 10.1. The molecule has 3 rings (SSSR count). The summed E-state index contributed by atoms with van der Waals surface area (Å²) in [6.45, 7) is 2.32. The number of carbonyl (C=O) groups excluding carboxylic acids is 2. The standard InChI is InChI=1S/C20H23N3O4S/c1-2-6-15-9-11-17(12-10-15)23-14-16(13-19(23)24)20(25)21-22-28(26,27)18-7-4-3-5-8-18/h3-5,7-12,16,22H,2,6,13-14H2,1H3,(H,21,25)/t16-/m0/s1. The molecule has 2 N–H and O–H groups in total. The molecule has 1 fully saturated rings. The smallest absolute Gasteiger partial charge is 0.257 e. The summed E-state index contributed by atoms with van der Waals surface area (Å²) in [5.74, 6) is -1.31. The highest BCUT2D eigenvalue weighted by Gasteiger charge is 2.35. The van der Waals surface area contributed by atoms with Crippen LogP contribution in [0.4, 0.5) is 5.69 Å². The average Bonchev–Trinajstić information content (AvgIpc) is 3.09. The van der Waals surface area contributed by atoms with E-state index in [1.807, 2.05) is 24.3 Å². The summed E-state index contributed by atoms with van der Waals surface area (Å²) in [5.41, 5.74) is 4.16. The third kappa shape index (κ3) is 4.58. The number of carbonyl (C=O) groups is 2. The van der Waals surface area contributed by atoms with Crippen molar-refractivity contribution < 1.29 is 18.0 Å². The van der Waals surface area contributed by atoms with Gasteiger partial charge in [0.05, 0.1) is 10.8 Å². The van der Waals surface area contributed by atoms with Crippen LogP contribution in [0.15, 0.2) is 59.5 Å². The molecule has 8 heteroatoms. The zero-order valence-corrected chi connectivity index (χ0v) is 16.4. The molecule has 0 bridgehead atoms. The molecule has 1 atom stereocenters. The van der Waals surface area contributed by atoms with Gasteiger partial charge in [-0.3, -0.25) is 15.0 Å². The number of aryl methyl sites for hydroxylation is 1. The Labute approximate surface area is 164 Å². The van der Waals surface area contributed by atoms with E-state index in [2.05, 4.69) is 17.2 Å². The van der Waals surface area contributed by atoms with Crippen LogP contribution in [-0.4, -0.2) is 26.8 Å². The number of rotatable bonds is 7. The van der Waals surface area contributed by atoms with Crippen LogP contribution in [0.3, 0.4) is 0 Å². The molecule has 2 aromatic carbocycles. The van der Waals surface area contributed by atoms with E-state index < -0.39 is 21.8 Å². The minimum Gasteiger partial charge on any atom is -0.312 e. The molecule has 28 heavy (non-hydrogen) atoms. The monoisotopic (exact) mass is 401 g/mol. The molecule has 0 aromatic heterocycles. The number of benzene rings is 2. The molecule has 1 saturated heterocycles. The molecule has 7 nitrogen and oxygen atoms in total. The van der Waals surface area contributed by atoms with Gasteiger partial charge >= 0.3 is 0 Å². The summed E-state index contributed by atoms with van der Waals surface area (Å²) in [7, 11) is -3.85. The topological polar surface area (TPSA) is 95.6 Å². The maximum absolute atomic E-state index is 12.4. The highest BCUT2D eigenvalue weighted by molar-refractivity contribution is 7.89. The van der Waals surface area contributed by atoms with Gasteiger partial charge in [0.2, 0.25) is 11.8 Å². The number of nitrogens with zero attached hydrogens (tertiary/aromatic N) is 1. The van der Waals surface area contributed by atoms with Gasteiger partial charge in [0.25, 0.3) is 10.0 Å². The third-order valence-electron chi connectivity index (χ3n) is 4.64. The van der Waals surface area contributed by atoms with Crippen LogP contribution in [0.1, 0.15) is 25.3 Å². The molecule has 2 amide bonds. The number of sulfonamides is 1. The zero-order valence-electron chi connectivity index (χ0n) is 15.6. The van der Waals surface area contributed by atoms with E-state index in [0.717, 1.165) is 18.5 Å². The Bertz CT molecular complexity index is 943. The molecule has 1 heterocycles. The lowest BCUT2D eigenvalue weighted by Gasteiger charge is -2.17. The second kappa shape index (κ2) is 8.53. The molecule has 0 saturated carbocycles. The fourth-order valence-corrected chi connectivity index (χ4v) is 4.01. The molecule has 1 aliphatic heterocycles. The van der Waals surface area contributed by atoms with Crippen molar-refractivity contribution in [1.82, 2.24) is 10.3 Å². The first-order chi connectivity index (χ1) is 13.4. The van der Waals surface area contributed by atoms with Crippen LogP contribution < -0.4 is 15.2 Å². The van der Waals surface area contributed by atoms with Gasteiger partial charge in [-0.2, -0.15) is 0 Å². The Kier molecular flexibility index (Phi) is 6.11. The van der Waals surface area contributed by atoms with Crippen molar-refractivity contribution in [1.29, 1.82) is 0 Å². The molecule has 0 unspecified atom stereocenters. The fourth-order valence-electron chi connectivity index (χ4n) is 3.14. The normalized spacial score (nSPS) is 17.0. The Morgan fingerprint density at radius 1 is 1.11 bits per heavy atom. The van der Waals surface area contributed by atoms with Crippen LogP contribution >= 0.6 is 0 Å². The number of nitrogens with one attached hydrogen (secondary N) is 2. The van der Waals surface area contributed by atoms with Crippen molar-refractivity contribution in [3.05, 3.63) is 60.2 Å². The Morgan fingerprint density at radius 2 is 1.79 bits per heavy atom. The van der Waals surface area contributed by atoms with Gasteiger partial charge < -0.3 is 4.90 Å². The number of hydrazine groups is 1. The molecule has 148 valence electrons. The number of hydrogen-bond donors (Lipinski definition) is 2. The van der Waals surface area contributed by atoms with Crippen LogP contribution in [0.25, 0.3) is 0 Å². The van der Waals surface area contributed by atoms with Crippen molar-refractivity contribution >= 4 is 27.5 Å². The van der Waals surface area contributed by atoms with Crippen LogP contribution in [0.5, 0.6) is 0 Å². The van der Waals surface area contributed by atoms with E-state index >= 15 is 0 Å². The van der Waals surface area contributed by atoms with Crippen molar-refractivity contribution in [2.24, 2.45) is 5.92 Å². The number of amides is 2. The van der Waals surface area contributed by atoms with Gasteiger partial charge in [-0.05, 0) is 36.2 Å². The van der Waals surface area contributed by atoms with E-state index in [-0.39, 0.29) is 23.8 Å². The molecule has 0 radical (unpaired) electrons. The van der Waals surface area contributed by atoms with E-state index in [1.54, 1.807) is 23.1 Å². The first kappa shape index (κ1) is 20.0. The van der Waals surface area contributed by atoms with Crippen LogP contribution in [-0.2, 0) is 26.0 Å². The fraction of sp³-hybridized carbons (Fsp3) is 0.300. The van der Waals surface area contributed by atoms with Crippen molar-refractivity contribution in [3.8, 4) is 0 Å². The first-order valence-corrected chi connectivity index (χ1v) is 10.6. The van der Waals surface area contributed by atoms with Crippen molar-refractivity contribution in [3.63, 3.8) is 0 Å². The summed E-state index contributed by atoms with van der Waals surface area (Å²) in [5, 5.41) is 0. The van der Waals surface area contributed by atoms with Gasteiger partial charge in [0.1, 0.15) is 0 Å². The molecule has 1 aliphatic rings. The van der Waals surface area contributed by atoms with Gasteiger partial charge in [-0.15, -0.1) is 4.83 Å². The number of hydrogen-bond acceptors (Lipinski definition) is 4. The quantitative estimate of drug-likeness (QED) is 0.694. The maximum atomic E-state index is 12.4. The second-order valence-corrected chi connectivity index (χ2v) is 8.41. The van der Waals surface area contributed by atoms with Gasteiger partial charge in [0.15, 0.2) is 0 Å². The molecular formula is C20H23N3O4S. The SMILES string of the molecule is CCCc1ccc(N2C[C@@H](C(=O)NNS(=O)(=O)c3ccccc3)CC2=O)cc1. The van der Waals surface area contributed by atoms with E-state index in [1.165, 1.54) is 17.7 Å². The van der Waals surface area contributed by atoms with Gasteiger partial charge in [0, 0.05) is 18.7 Å². The minimum absolute atomic E-state index is 0.0373. The highest BCUT2D eigenvalue weighted by Crippen LogP contribution is 2.25. The number of anilines is 1. The van der Waals surface area contributed by atoms with E-state index in [0.29, 0.717) is 0 Å². The molecular weight excluding hydrogens is 378 g/mol. The lowest BCUT2D eigenvalue weighted by Crippen LogP contribution is -2.45. The summed E-state index contributed by atoms with van der Waals surface area (Å²) in [4.78, 5) is 28.4.